The van der Waals surface area contributed by atoms with Gasteiger partial charge < -0.3 is 8.98 Å². The summed E-state index contributed by atoms with van der Waals surface area (Å²) < 4.78 is 7.78. The highest BCUT2D eigenvalue weighted by Crippen LogP contribution is 2.31. The van der Waals surface area contributed by atoms with Crippen LogP contribution in [0.25, 0.3) is 22.5 Å². The van der Waals surface area contributed by atoms with Gasteiger partial charge in [0, 0.05) is 16.5 Å². The molecule has 0 aliphatic rings. The quantitative estimate of drug-likeness (QED) is 0.230. The standard InChI is InChI=1S/C28H27ClN4OS/c1-17(2)14-19-8-10-20(11-9-19)18(3)26-30-24-15-21(27-31-32-28(35)34-27)12-13-25(24)33(26)16-22-6-4-5-7-23(22)29/h4-13,15,17-18H,14,16H2,1-3H3,(H,32,35). The van der Waals surface area contributed by atoms with Crippen molar-refractivity contribution < 1.29 is 4.42 Å². The summed E-state index contributed by atoms with van der Waals surface area (Å²) in [6.45, 7) is 7.32. The molecular formula is C28H27ClN4OS. The van der Waals surface area contributed by atoms with Crippen LogP contribution in [0.1, 0.15) is 49.2 Å². The van der Waals surface area contributed by atoms with Crippen LogP contribution < -0.4 is 0 Å². The molecule has 1 unspecified atom stereocenters. The lowest BCUT2D eigenvalue weighted by atomic mass is 9.96. The molecular weight excluding hydrogens is 476 g/mol. The maximum Gasteiger partial charge on any atom is 0.284 e. The van der Waals surface area contributed by atoms with Crippen LogP contribution in [0.15, 0.2) is 71.1 Å². The van der Waals surface area contributed by atoms with Gasteiger partial charge in [-0.1, -0.05) is 74.8 Å². The summed E-state index contributed by atoms with van der Waals surface area (Å²) in [6, 6.07) is 22.9. The number of aromatic nitrogens is 4. The minimum Gasteiger partial charge on any atom is -0.409 e. The molecule has 0 aliphatic heterocycles. The average Bonchev–Trinajstić information content (AvgIpc) is 3.43. The third-order valence-electron chi connectivity index (χ3n) is 6.26. The molecule has 0 aliphatic carbocycles. The van der Waals surface area contributed by atoms with Crippen molar-refractivity contribution in [2.75, 3.05) is 0 Å². The molecule has 178 valence electrons. The normalized spacial score (nSPS) is 12.5. The second-order valence-corrected chi connectivity index (χ2v) is 10.1. The van der Waals surface area contributed by atoms with E-state index in [4.69, 9.17) is 33.2 Å². The van der Waals surface area contributed by atoms with E-state index < -0.39 is 0 Å². The number of hydrogen-bond acceptors (Lipinski definition) is 4. The van der Waals surface area contributed by atoms with Gasteiger partial charge in [0.2, 0.25) is 5.89 Å². The summed E-state index contributed by atoms with van der Waals surface area (Å²) in [7, 11) is 0. The van der Waals surface area contributed by atoms with E-state index >= 15 is 0 Å². The molecule has 2 heterocycles. The first-order valence-corrected chi connectivity index (χ1v) is 12.6. The Balaban J connectivity index is 1.59. The zero-order valence-corrected chi connectivity index (χ0v) is 21.5. The fourth-order valence-corrected chi connectivity index (χ4v) is 4.81. The van der Waals surface area contributed by atoms with Crippen molar-refractivity contribution >= 4 is 34.9 Å². The van der Waals surface area contributed by atoms with Crippen molar-refractivity contribution in [2.45, 2.75) is 39.7 Å². The molecule has 5 nitrogen and oxygen atoms in total. The Bertz CT molecular complexity index is 1530. The summed E-state index contributed by atoms with van der Waals surface area (Å²) in [5.74, 6) is 2.16. The van der Waals surface area contributed by atoms with Gasteiger partial charge in [0.1, 0.15) is 5.82 Å². The molecule has 1 N–H and O–H groups in total. The number of nitrogens with one attached hydrogen (secondary N) is 1. The van der Waals surface area contributed by atoms with Crippen molar-refractivity contribution in [1.82, 2.24) is 19.7 Å². The van der Waals surface area contributed by atoms with Crippen molar-refractivity contribution in [2.24, 2.45) is 5.92 Å². The van der Waals surface area contributed by atoms with E-state index in [2.05, 4.69) is 71.9 Å². The predicted molar refractivity (Wildman–Crippen MR) is 143 cm³/mol. The van der Waals surface area contributed by atoms with Crippen LogP contribution >= 0.6 is 23.8 Å². The Morgan fingerprint density at radius 2 is 1.80 bits per heavy atom. The monoisotopic (exact) mass is 502 g/mol. The fourth-order valence-electron chi connectivity index (χ4n) is 4.49. The maximum atomic E-state index is 6.54. The van der Waals surface area contributed by atoms with Gasteiger partial charge in [0.05, 0.1) is 17.6 Å². The molecule has 0 amide bonds. The highest BCUT2D eigenvalue weighted by atomic mass is 35.5. The van der Waals surface area contributed by atoms with Gasteiger partial charge in [-0.2, -0.15) is 0 Å². The number of hydrogen-bond donors (Lipinski definition) is 1. The van der Waals surface area contributed by atoms with Crippen LogP contribution in [0.3, 0.4) is 0 Å². The van der Waals surface area contributed by atoms with Crippen LogP contribution in [0.2, 0.25) is 5.02 Å². The summed E-state index contributed by atoms with van der Waals surface area (Å²) in [4.78, 5) is 5.34. The molecule has 35 heavy (non-hydrogen) atoms. The molecule has 5 rings (SSSR count). The number of fused-ring (bicyclic) bond motifs is 1. The van der Waals surface area contributed by atoms with Gasteiger partial charge in [0.25, 0.3) is 4.84 Å². The van der Waals surface area contributed by atoms with E-state index in [-0.39, 0.29) is 10.8 Å². The zero-order chi connectivity index (χ0) is 24.5. The zero-order valence-electron chi connectivity index (χ0n) is 20.0. The SMILES string of the molecule is CC(C)Cc1ccc(C(C)c2nc3cc(-c4n[nH]c(=S)o4)ccc3n2Cc2ccccc2Cl)cc1. The van der Waals surface area contributed by atoms with Crippen LogP contribution in [-0.4, -0.2) is 19.7 Å². The lowest BCUT2D eigenvalue weighted by molar-refractivity contribution is 0.552. The number of H-pyrrole nitrogens is 1. The third-order valence-corrected chi connectivity index (χ3v) is 6.80. The Morgan fingerprint density at radius 1 is 1.03 bits per heavy atom. The second kappa shape index (κ2) is 9.80. The van der Waals surface area contributed by atoms with Crippen LogP contribution in [0, 0.1) is 10.8 Å². The lowest BCUT2D eigenvalue weighted by Gasteiger charge is -2.17. The molecule has 0 fully saturated rings. The van der Waals surface area contributed by atoms with Gasteiger partial charge in [-0.3, -0.25) is 0 Å². The lowest BCUT2D eigenvalue weighted by Crippen LogP contribution is -2.10. The number of halogens is 1. The van der Waals surface area contributed by atoms with Gasteiger partial charge in [-0.05, 0) is 65.5 Å². The topological polar surface area (TPSA) is 59.6 Å². The Labute approximate surface area is 214 Å². The Kier molecular flexibility index (Phi) is 6.58. The molecule has 0 radical (unpaired) electrons. The van der Waals surface area contributed by atoms with Crippen molar-refractivity contribution in [1.29, 1.82) is 0 Å². The van der Waals surface area contributed by atoms with Crippen molar-refractivity contribution in [3.63, 3.8) is 0 Å². The van der Waals surface area contributed by atoms with Gasteiger partial charge >= 0.3 is 0 Å². The maximum absolute atomic E-state index is 6.54. The highest BCUT2D eigenvalue weighted by molar-refractivity contribution is 7.71. The second-order valence-electron chi connectivity index (χ2n) is 9.33. The minimum absolute atomic E-state index is 0.0933. The van der Waals surface area contributed by atoms with Crippen LogP contribution in [0.5, 0.6) is 0 Å². The van der Waals surface area contributed by atoms with Gasteiger partial charge in [-0.15, -0.1) is 5.10 Å². The van der Waals surface area contributed by atoms with Crippen LogP contribution in [-0.2, 0) is 13.0 Å². The van der Waals surface area contributed by atoms with Crippen molar-refractivity contribution in [3.8, 4) is 11.5 Å². The number of nitrogens with zero attached hydrogens (tertiary/aromatic N) is 3. The van der Waals surface area contributed by atoms with Gasteiger partial charge in [-0.25, -0.2) is 10.1 Å². The Morgan fingerprint density at radius 3 is 2.49 bits per heavy atom. The highest BCUT2D eigenvalue weighted by Gasteiger charge is 2.20. The fraction of sp³-hybridized carbons (Fsp3) is 0.250. The summed E-state index contributed by atoms with van der Waals surface area (Å²) in [5, 5.41) is 7.60. The Hall–Kier alpha value is -3.22. The summed E-state index contributed by atoms with van der Waals surface area (Å²) in [5.41, 5.74) is 6.36. The van der Waals surface area contributed by atoms with E-state index in [9.17, 15) is 0 Å². The molecule has 0 spiro atoms. The molecule has 7 heteroatoms. The number of rotatable bonds is 7. The smallest absolute Gasteiger partial charge is 0.284 e. The molecule has 0 saturated heterocycles. The molecule has 0 saturated carbocycles. The number of benzene rings is 3. The number of aromatic amines is 1. The third kappa shape index (κ3) is 4.95. The molecule has 2 aromatic heterocycles. The summed E-state index contributed by atoms with van der Waals surface area (Å²) >= 11 is 11.6. The summed E-state index contributed by atoms with van der Waals surface area (Å²) in [6.07, 6.45) is 1.08. The van der Waals surface area contributed by atoms with E-state index in [1.807, 2.05) is 30.3 Å². The molecule has 0 bridgehead atoms. The van der Waals surface area contributed by atoms with Crippen molar-refractivity contribution in [3.05, 3.63) is 99.1 Å². The molecule has 5 aromatic rings. The van der Waals surface area contributed by atoms with E-state index in [0.29, 0.717) is 18.4 Å². The number of imidazole rings is 1. The van der Waals surface area contributed by atoms with E-state index in [1.165, 1.54) is 11.1 Å². The predicted octanol–water partition coefficient (Wildman–Crippen LogP) is 7.80. The van der Waals surface area contributed by atoms with Gasteiger partial charge in [0.15, 0.2) is 0 Å². The average molecular weight is 503 g/mol. The van der Waals surface area contributed by atoms with E-state index in [0.717, 1.165) is 39.4 Å². The minimum atomic E-state index is 0.0933. The first kappa shape index (κ1) is 23.5. The molecule has 1 atom stereocenters. The first-order chi connectivity index (χ1) is 16.9. The van der Waals surface area contributed by atoms with Crippen LogP contribution in [0.4, 0.5) is 0 Å². The first-order valence-electron chi connectivity index (χ1n) is 11.8. The largest absolute Gasteiger partial charge is 0.409 e. The molecule has 3 aromatic carbocycles. The van der Waals surface area contributed by atoms with E-state index in [1.54, 1.807) is 0 Å².